The predicted molar refractivity (Wildman–Crippen MR) is 114 cm³/mol. The number of ether oxygens (including phenoxy) is 1. The fraction of sp³-hybridized carbons (Fsp3) is 0.375. The Hall–Kier alpha value is -3.02. The number of methoxy groups -OCH3 is 1. The van der Waals surface area contributed by atoms with Gasteiger partial charge in [0, 0.05) is 29.9 Å². The van der Waals surface area contributed by atoms with Crippen LogP contribution in [0.15, 0.2) is 48.8 Å². The number of nitrogens with one attached hydrogen (secondary N) is 1. The fourth-order valence-corrected chi connectivity index (χ4v) is 4.47. The minimum absolute atomic E-state index is 0.0761. The number of carbonyl (C=O) groups is 1. The van der Waals surface area contributed by atoms with Crippen molar-refractivity contribution in [3.8, 4) is 5.88 Å². The molecule has 0 radical (unpaired) electrons. The van der Waals surface area contributed by atoms with Crippen molar-refractivity contribution in [3.63, 3.8) is 0 Å². The highest BCUT2D eigenvalue weighted by molar-refractivity contribution is 5.94. The number of benzene rings is 1. The Bertz CT molecular complexity index is 1030. The summed E-state index contributed by atoms with van der Waals surface area (Å²) in [7, 11) is 1.55. The second kappa shape index (κ2) is 8.78. The summed E-state index contributed by atoms with van der Waals surface area (Å²) in [5.41, 5.74) is 2.55. The molecule has 1 amide bonds. The van der Waals surface area contributed by atoms with Gasteiger partial charge in [-0.25, -0.2) is 9.37 Å². The summed E-state index contributed by atoms with van der Waals surface area (Å²) in [6.07, 6.45) is 7.42. The third kappa shape index (κ3) is 4.27. The molecule has 5 nitrogen and oxygen atoms in total. The Morgan fingerprint density at radius 2 is 1.93 bits per heavy atom. The van der Waals surface area contributed by atoms with Crippen molar-refractivity contribution in [2.45, 2.75) is 44.6 Å². The van der Waals surface area contributed by atoms with Gasteiger partial charge in [0.2, 0.25) is 5.88 Å². The maximum absolute atomic E-state index is 13.8. The topological polar surface area (TPSA) is 64.1 Å². The molecule has 0 bridgehead atoms. The molecule has 1 fully saturated rings. The molecule has 0 aliphatic heterocycles. The first-order valence-electron chi connectivity index (χ1n) is 10.4. The van der Waals surface area contributed by atoms with Crippen molar-refractivity contribution in [1.82, 2.24) is 15.3 Å². The zero-order chi connectivity index (χ0) is 21.1. The third-order valence-corrected chi connectivity index (χ3v) is 6.22. The quantitative estimate of drug-likeness (QED) is 0.655. The Morgan fingerprint density at radius 3 is 2.63 bits per heavy atom. The average molecular weight is 407 g/mol. The molecule has 2 aromatic heterocycles. The second-order valence-corrected chi connectivity index (χ2v) is 8.02. The Balaban J connectivity index is 1.38. The molecule has 0 saturated heterocycles. The molecule has 1 N–H and O–H groups in total. The average Bonchev–Trinajstić information content (AvgIpc) is 2.78. The number of amides is 1. The zero-order valence-electron chi connectivity index (χ0n) is 17.3. The molecule has 1 atom stereocenters. The lowest BCUT2D eigenvalue weighted by atomic mass is 9.75. The normalized spacial score (nSPS) is 20.0. The van der Waals surface area contributed by atoms with Crippen LogP contribution in [-0.2, 0) is 0 Å². The zero-order valence-corrected chi connectivity index (χ0v) is 17.3. The highest BCUT2D eigenvalue weighted by atomic mass is 19.1. The molecule has 4 rings (SSSR count). The van der Waals surface area contributed by atoms with Crippen LogP contribution in [0.3, 0.4) is 0 Å². The maximum atomic E-state index is 13.8. The molecule has 2 heterocycles. The van der Waals surface area contributed by atoms with Crippen LogP contribution in [-0.4, -0.2) is 29.0 Å². The van der Waals surface area contributed by atoms with Gasteiger partial charge in [0.05, 0.1) is 18.2 Å². The molecule has 0 spiro atoms. The van der Waals surface area contributed by atoms with E-state index in [-0.39, 0.29) is 17.8 Å². The summed E-state index contributed by atoms with van der Waals surface area (Å²) in [6.45, 7) is 2.07. The third-order valence-electron chi connectivity index (χ3n) is 6.22. The Labute approximate surface area is 175 Å². The van der Waals surface area contributed by atoms with E-state index in [9.17, 15) is 9.18 Å². The lowest BCUT2D eigenvalue weighted by Gasteiger charge is -2.33. The molecule has 1 saturated carbocycles. The summed E-state index contributed by atoms with van der Waals surface area (Å²) in [6, 6.07) is 10.3. The van der Waals surface area contributed by atoms with Crippen molar-refractivity contribution in [1.29, 1.82) is 0 Å². The molecular weight excluding hydrogens is 381 g/mol. The monoisotopic (exact) mass is 407 g/mol. The van der Waals surface area contributed by atoms with Gasteiger partial charge in [-0.1, -0.05) is 0 Å². The van der Waals surface area contributed by atoms with E-state index in [1.807, 2.05) is 12.3 Å². The molecule has 1 aliphatic rings. The van der Waals surface area contributed by atoms with Crippen LogP contribution >= 0.6 is 0 Å². The smallest absolute Gasteiger partial charge is 0.253 e. The summed E-state index contributed by atoms with van der Waals surface area (Å²) >= 11 is 0. The van der Waals surface area contributed by atoms with Gasteiger partial charge in [-0.15, -0.1) is 0 Å². The SMILES string of the molecule is COc1ccc(C(=O)N[C@H](C)C2CCC(c3ccnc4ccc(F)cc34)CC2)cn1. The van der Waals surface area contributed by atoms with E-state index in [1.54, 1.807) is 31.4 Å². The highest BCUT2D eigenvalue weighted by Crippen LogP contribution is 2.39. The summed E-state index contributed by atoms with van der Waals surface area (Å²) < 4.78 is 18.8. The fourth-order valence-electron chi connectivity index (χ4n) is 4.47. The summed E-state index contributed by atoms with van der Waals surface area (Å²) in [5.74, 6) is 0.954. The summed E-state index contributed by atoms with van der Waals surface area (Å²) in [4.78, 5) is 21.0. The second-order valence-electron chi connectivity index (χ2n) is 8.02. The van der Waals surface area contributed by atoms with E-state index in [0.29, 0.717) is 23.3 Å². The number of aromatic nitrogens is 2. The molecule has 6 heteroatoms. The maximum Gasteiger partial charge on any atom is 0.253 e. The van der Waals surface area contributed by atoms with E-state index in [1.165, 1.54) is 17.8 Å². The van der Waals surface area contributed by atoms with Crippen LogP contribution in [0.2, 0.25) is 0 Å². The lowest BCUT2D eigenvalue weighted by Crippen LogP contribution is -2.39. The van der Waals surface area contributed by atoms with Gasteiger partial charge >= 0.3 is 0 Å². The van der Waals surface area contributed by atoms with Gasteiger partial charge in [-0.2, -0.15) is 0 Å². The van der Waals surface area contributed by atoms with Crippen LogP contribution in [0.1, 0.15) is 54.4 Å². The molecule has 1 aromatic carbocycles. The van der Waals surface area contributed by atoms with E-state index >= 15 is 0 Å². The van der Waals surface area contributed by atoms with Crippen molar-refractivity contribution in [3.05, 3.63) is 65.7 Å². The molecular formula is C24H26FN3O2. The molecule has 3 aromatic rings. The van der Waals surface area contributed by atoms with Crippen molar-refractivity contribution in [2.75, 3.05) is 7.11 Å². The van der Waals surface area contributed by atoms with Gasteiger partial charge in [-0.05, 0) is 80.3 Å². The van der Waals surface area contributed by atoms with E-state index < -0.39 is 0 Å². The van der Waals surface area contributed by atoms with Crippen molar-refractivity contribution >= 4 is 16.8 Å². The predicted octanol–water partition coefficient (Wildman–Crippen LogP) is 4.87. The van der Waals surface area contributed by atoms with Gasteiger partial charge in [0.1, 0.15) is 5.82 Å². The number of carbonyl (C=O) groups excluding carboxylic acids is 1. The van der Waals surface area contributed by atoms with Crippen molar-refractivity contribution < 1.29 is 13.9 Å². The standard InChI is InChI=1S/C24H26FN3O2/c1-15(28-24(29)18-7-10-23(30-2)27-14-18)16-3-5-17(6-4-16)20-11-12-26-22-9-8-19(25)13-21(20)22/h7-17H,3-6H2,1-2H3,(H,28,29)/t15-,16?,17?/m1/s1. The number of fused-ring (bicyclic) bond motifs is 1. The van der Waals surface area contributed by atoms with Crippen LogP contribution in [0.25, 0.3) is 10.9 Å². The number of hydrogen-bond donors (Lipinski definition) is 1. The molecule has 156 valence electrons. The Kier molecular flexibility index (Phi) is 5.93. The highest BCUT2D eigenvalue weighted by Gasteiger charge is 2.28. The molecule has 1 aliphatic carbocycles. The number of nitrogens with zero attached hydrogens (tertiary/aromatic N) is 2. The minimum Gasteiger partial charge on any atom is -0.481 e. The van der Waals surface area contributed by atoms with Crippen LogP contribution < -0.4 is 10.1 Å². The van der Waals surface area contributed by atoms with Crippen LogP contribution in [0, 0.1) is 11.7 Å². The number of pyridine rings is 2. The molecule has 30 heavy (non-hydrogen) atoms. The molecule has 0 unspecified atom stereocenters. The first-order valence-corrected chi connectivity index (χ1v) is 10.4. The first kappa shape index (κ1) is 20.3. The van der Waals surface area contributed by atoms with E-state index in [2.05, 4.69) is 22.2 Å². The van der Waals surface area contributed by atoms with E-state index in [0.717, 1.165) is 36.6 Å². The Morgan fingerprint density at radius 1 is 1.13 bits per heavy atom. The van der Waals surface area contributed by atoms with Crippen LogP contribution in [0.5, 0.6) is 5.88 Å². The van der Waals surface area contributed by atoms with Gasteiger partial charge < -0.3 is 10.1 Å². The number of hydrogen-bond acceptors (Lipinski definition) is 4. The van der Waals surface area contributed by atoms with E-state index in [4.69, 9.17) is 4.74 Å². The van der Waals surface area contributed by atoms with Gasteiger partial charge in [-0.3, -0.25) is 9.78 Å². The lowest BCUT2D eigenvalue weighted by molar-refractivity contribution is 0.0917. The summed E-state index contributed by atoms with van der Waals surface area (Å²) in [5, 5.41) is 4.03. The van der Waals surface area contributed by atoms with Gasteiger partial charge in [0.25, 0.3) is 5.91 Å². The number of halogens is 1. The van der Waals surface area contributed by atoms with Gasteiger partial charge in [0.15, 0.2) is 0 Å². The number of rotatable bonds is 5. The minimum atomic E-state index is -0.227. The van der Waals surface area contributed by atoms with Crippen LogP contribution in [0.4, 0.5) is 4.39 Å². The van der Waals surface area contributed by atoms with Crippen molar-refractivity contribution in [2.24, 2.45) is 5.92 Å². The first-order chi connectivity index (χ1) is 14.5. The largest absolute Gasteiger partial charge is 0.481 e.